The zero-order chi connectivity index (χ0) is 13.4. The van der Waals surface area contributed by atoms with E-state index in [0.29, 0.717) is 11.5 Å². The fraction of sp³-hybridized carbons (Fsp3) is 0.533. The summed E-state index contributed by atoms with van der Waals surface area (Å²) in [5, 5.41) is 12.5. The van der Waals surface area contributed by atoms with Crippen LogP contribution < -0.4 is 5.32 Å². The topological polar surface area (TPSA) is 35.8 Å². The molecule has 0 aromatic heterocycles. The molecule has 2 nitrogen and oxygen atoms in total. The molecule has 0 aliphatic rings. The zero-order valence-electron chi connectivity index (χ0n) is 11.2. The quantitative estimate of drug-likeness (QED) is 0.773. The molecule has 0 aliphatic heterocycles. The fourth-order valence-electron chi connectivity index (χ4n) is 1.96. The smallest absolute Gasteiger partial charge is 0.101 e. The third-order valence-electron chi connectivity index (χ3n) is 3.23. The first-order valence-electron chi connectivity index (χ1n) is 6.64. The third-order valence-corrected chi connectivity index (χ3v) is 3.72. The molecule has 1 unspecified atom stereocenters. The molecule has 0 amide bonds. The molecule has 3 heteroatoms. The largest absolute Gasteiger partial charge is 0.384 e. The molecule has 1 atom stereocenters. The standard InChI is InChI=1S/C15H21BrN2/c1-3-5-6-12(4-2)11-18-15-9-14(16)8-7-13(15)10-17/h7-9,12,18H,3-6,11H2,1-2H3. The maximum Gasteiger partial charge on any atom is 0.101 e. The SMILES string of the molecule is CCCCC(CC)CNc1cc(Br)ccc1C#N. The molecule has 1 N–H and O–H groups in total. The second-order valence-electron chi connectivity index (χ2n) is 4.60. The zero-order valence-corrected chi connectivity index (χ0v) is 12.8. The first-order valence-corrected chi connectivity index (χ1v) is 7.44. The van der Waals surface area contributed by atoms with Gasteiger partial charge >= 0.3 is 0 Å². The number of nitriles is 1. The average Bonchev–Trinajstić information content (AvgIpc) is 2.39. The average molecular weight is 309 g/mol. The van der Waals surface area contributed by atoms with Crippen LogP contribution in [-0.2, 0) is 0 Å². The highest BCUT2D eigenvalue weighted by Gasteiger charge is 2.08. The van der Waals surface area contributed by atoms with Gasteiger partial charge in [0.1, 0.15) is 6.07 Å². The van der Waals surface area contributed by atoms with Crippen molar-refractivity contribution < 1.29 is 0 Å². The van der Waals surface area contributed by atoms with Crippen LogP contribution in [0.5, 0.6) is 0 Å². The summed E-state index contributed by atoms with van der Waals surface area (Å²) in [4.78, 5) is 0. The van der Waals surface area contributed by atoms with E-state index in [9.17, 15) is 0 Å². The summed E-state index contributed by atoms with van der Waals surface area (Å²) < 4.78 is 1.01. The minimum atomic E-state index is 0.690. The molecule has 0 saturated heterocycles. The Labute approximate surface area is 119 Å². The Morgan fingerprint density at radius 3 is 2.78 bits per heavy atom. The van der Waals surface area contributed by atoms with Crippen molar-refractivity contribution in [1.82, 2.24) is 0 Å². The number of hydrogen-bond acceptors (Lipinski definition) is 2. The normalized spacial score (nSPS) is 11.9. The highest BCUT2D eigenvalue weighted by molar-refractivity contribution is 9.10. The van der Waals surface area contributed by atoms with E-state index in [-0.39, 0.29) is 0 Å². The van der Waals surface area contributed by atoms with Gasteiger partial charge in [0.15, 0.2) is 0 Å². The second kappa shape index (κ2) is 8.16. The van der Waals surface area contributed by atoms with E-state index in [1.54, 1.807) is 0 Å². The number of nitrogens with zero attached hydrogens (tertiary/aromatic N) is 1. The van der Waals surface area contributed by atoms with Crippen molar-refractivity contribution in [2.24, 2.45) is 5.92 Å². The van der Waals surface area contributed by atoms with E-state index in [1.165, 1.54) is 25.7 Å². The summed E-state index contributed by atoms with van der Waals surface area (Å²) in [5.41, 5.74) is 1.64. The van der Waals surface area contributed by atoms with E-state index >= 15 is 0 Å². The predicted molar refractivity (Wildman–Crippen MR) is 80.7 cm³/mol. The highest BCUT2D eigenvalue weighted by atomic mass is 79.9. The Bertz CT molecular complexity index is 409. The second-order valence-corrected chi connectivity index (χ2v) is 5.51. The number of halogens is 1. The summed E-state index contributed by atoms with van der Waals surface area (Å²) in [7, 11) is 0. The van der Waals surface area contributed by atoms with Crippen LogP contribution in [0.25, 0.3) is 0 Å². The summed E-state index contributed by atoms with van der Waals surface area (Å²) >= 11 is 3.44. The van der Waals surface area contributed by atoms with Crippen LogP contribution in [0.3, 0.4) is 0 Å². The van der Waals surface area contributed by atoms with Crippen LogP contribution in [0.15, 0.2) is 22.7 Å². The van der Waals surface area contributed by atoms with Gasteiger partial charge in [-0.3, -0.25) is 0 Å². The van der Waals surface area contributed by atoms with Crippen molar-refractivity contribution in [3.63, 3.8) is 0 Å². The van der Waals surface area contributed by atoms with E-state index in [0.717, 1.165) is 16.7 Å². The van der Waals surface area contributed by atoms with Crippen LogP contribution in [0.1, 0.15) is 45.1 Å². The van der Waals surface area contributed by atoms with Gasteiger partial charge in [0, 0.05) is 11.0 Å². The van der Waals surface area contributed by atoms with Crippen LogP contribution in [0.4, 0.5) is 5.69 Å². The Balaban J connectivity index is 2.61. The first-order chi connectivity index (χ1) is 8.71. The number of nitrogens with one attached hydrogen (secondary N) is 1. The minimum absolute atomic E-state index is 0.690. The monoisotopic (exact) mass is 308 g/mol. The van der Waals surface area contributed by atoms with Crippen molar-refractivity contribution >= 4 is 21.6 Å². The Kier molecular flexibility index (Phi) is 6.82. The van der Waals surface area contributed by atoms with Crippen LogP contribution >= 0.6 is 15.9 Å². The lowest BCUT2D eigenvalue weighted by molar-refractivity contribution is 0.473. The number of anilines is 1. The lowest BCUT2D eigenvalue weighted by atomic mass is 9.99. The predicted octanol–water partition coefficient (Wildman–Crippen LogP) is 4.95. The summed E-state index contributed by atoms with van der Waals surface area (Å²) in [6.07, 6.45) is 4.97. The molecule has 0 fully saturated rings. The van der Waals surface area contributed by atoms with Gasteiger partial charge in [-0.2, -0.15) is 5.26 Å². The molecule has 0 bridgehead atoms. The molecule has 18 heavy (non-hydrogen) atoms. The highest BCUT2D eigenvalue weighted by Crippen LogP contribution is 2.22. The number of hydrogen-bond donors (Lipinski definition) is 1. The Morgan fingerprint density at radius 2 is 2.17 bits per heavy atom. The van der Waals surface area contributed by atoms with Crippen molar-refractivity contribution in [2.45, 2.75) is 39.5 Å². The molecule has 0 spiro atoms. The van der Waals surface area contributed by atoms with Crippen molar-refractivity contribution in [3.8, 4) is 6.07 Å². The maximum atomic E-state index is 9.07. The molecule has 0 radical (unpaired) electrons. The van der Waals surface area contributed by atoms with Crippen molar-refractivity contribution in [3.05, 3.63) is 28.2 Å². The van der Waals surface area contributed by atoms with Crippen molar-refractivity contribution in [2.75, 3.05) is 11.9 Å². The van der Waals surface area contributed by atoms with E-state index < -0.39 is 0 Å². The molecule has 0 heterocycles. The number of unbranched alkanes of at least 4 members (excludes halogenated alkanes) is 1. The van der Waals surface area contributed by atoms with E-state index in [1.807, 2.05) is 18.2 Å². The molecular formula is C15H21BrN2. The lowest BCUT2D eigenvalue weighted by Gasteiger charge is -2.17. The summed E-state index contributed by atoms with van der Waals surface area (Å²) in [5.74, 6) is 0.690. The lowest BCUT2D eigenvalue weighted by Crippen LogP contribution is -2.14. The van der Waals surface area contributed by atoms with Gasteiger partial charge in [-0.25, -0.2) is 0 Å². The van der Waals surface area contributed by atoms with Gasteiger partial charge in [-0.1, -0.05) is 49.0 Å². The van der Waals surface area contributed by atoms with Crippen LogP contribution in [-0.4, -0.2) is 6.54 Å². The van der Waals surface area contributed by atoms with Gasteiger partial charge in [0.2, 0.25) is 0 Å². The molecule has 0 saturated carbocycles. The third kappa shape index (κ3) is 4.70. The Hall–Kier alpha value is -1.01. The van der Waals surface area contributed by atoms with E-state index in [4.69, 9.17) is 5.26 Å². The number of rotatable bonds is 7. The molecule has 1 aromatic carbocycles. The van der Waals surface area contributed by atoms with Gasteiger partial charge in [-0.15, -0.1) is 0 Å². The maximum absolute atomic E-state index is 9.07. The molecule has 1 rings (SSSR count). The summed E-state index contributed by atoms with van der Waals surface area (Å²) in [6.45, 7) is 5.40. The minimum Gasteiger partial charge on any atom is -0.384 e. The van der Waals surface area contributed by atoms with Crippen molar-refractivity contribution in [1.29, 1.82) is 5.26 Å². The van der Waals surface area contributed by atoms with Crippen LogP contribution in [0.2, 0.25) is 0 Å². The van der Waals surface area contributed by atoms with Gasteiger partial charge < -0.3 is 5.32 Å². The van der Waals surface area contributed by atoms with Gasteiger partial charge in [0.25, 0.3) is 0 Å². The summed E-state index contributed by atoms with van der Waals surface area (Å²) in [6, 6.07) is 7.95. The number of benzene rings is 1. The Morgan fingerprint density at radius 1 is 1.39 bits per heavy atom. The van der Waals surface area contributed by atoms with Crippen LogP contribution in [0, 0.1) is 17.2 Å². The van der Waals surface area contributed by atoms with E-state index in [2.05, 4.69) is 41.2 Å². The van der Waals surface area contributed by atoms with Gasteiger partial charge in [-0.05, 0) is 30.5 Å². The molecule has 98 valence electrons. The molecular weight excluding hydrogens is 288 g/mol. The molecule has 0 aliphatic carbocycles. The molecule has 1 aromatic rings. The van der Waals surface area contributed by atoms with Gasteiger partial charge in [0.05, 0.1) is 11.3 Å². The first kappa shape index (κ1) is 15.0. The fourth-order valence-corrected chi connectivity index (χ4v) is 2.32.